The van der Waals surface area contributed by atoms with E-state index in [-0.39, 0.29) is 0 Å². The van der Waals surface area contributed by atoms with Gasteiger partial charge in [0.05, 0.1) is 0 Å². The maximum Gasteiger partial charge on any atom is 0.324 e. The number of benzene rings is 1. The zero-order valence-electron chi connectivity index (χ0n) is 12.3. The van der Waals surface area contributed by atoms with E-state index in [0.29, 0.717) is 12.8 Å². The van der Waals surface area contributed by atoms with Gasteiger partial charge in [-0.15, -0.1) is 0 Å². The first-order valence-electron chi connectivity index (χ1n) is 7.71. The van der Waals surface area contributed by atoms with Crippen LogP contribution in [0.5, 0.6) is 0 Å². The Morgan fingerprint density at radius 1 is 1.05 bits per heavy atom. The number of carboxylic acid groups (broad SMARTS) is 1. The molecular formula is C16H23N3O2. The van der Waals surface area contributed by atoms with Crippen LogP contribution in [0.2, 0.25) is 0 Å². The van der Waals surface area contributed by atoms with E-state index in [4.69, 9.17) is 0 Å². The number of hydrogen-bond donors (Lipinski definition) is 2. The molecule has 0 unspecified atom stereocenters. The largest absolute Gasteiger partial charge is 0.480 e. The highest BCUT2D eigenvalue weighted by Gasteiger charge is 2.46. The molecule has 3 rings (SSSR count). The van der Waals surface area contributed by atoms with Gasteiger partial charge in [-0.05, 0) is 25.0 Å². The number of carbonyl (C=O) groups is 1. The third-order valence-corrected chi connectivity index (χ3v) is 4.83. The third-order valence-electron chi connectivity index (χ3n) is 4.83. The highest BCUT2D eigenvalue weighted by atomic mass is 16.4. The molecule has 2 aliphatic rings. The number of nitrogens with one attached hydrogen (secondary N) is 1. The lowest BCUT2D eigenvalue weighted by Gasteiger charge is -2.47. The van der Waals surface area contributed by atoms with Crippen molar-refractivity contribution in [1.29, 1.82) is 0 Å². The topological polar surface area (TPSA) is 55.8 Å². The number of carboxylic acids is 1. The van der Waals surface area contributed by atoms with Crippen LogP contribution in [0.25, 0.3) is 0 Å². The zero-order valence-corrected chi connectivity index (χ0v) is 12.3. The van der Waals surface area contributed by atoms with Crippen molar-refractivity contribution in [1.82, 2.24) is 10.2 Å². The molecule has 0 aromatic heterocycles. The predicted molar refractivity (Wildman–Crippen MR) is 82.7 cm³/mol. The molecule has 2 aliphatic heterocycles. The standard InChI is InChI=1S/C16H23N3O2/c20-15(21)16(19-12-8-17-9-13-19)6-10-18(11-7-16)14-4-2-1-3-5-14/h1-5,17H,6-13H2,(H,20,21). The van der Waals surface area contributed by atoms with Crippen LogP contribution in [-0.2, 0) is 4.79 Å². The molecule has 1 aromatic carbocycles. The summed E-state index contributed by atoms with van der Waals surface area (Å²) < 4.78 is 0. The third kappa shape index (κ3) is 2.76. The van der Waals surface area contributed by atoms with Gasteiger partial charge in [-0.1, -0.05) is 18.2 Å². The number of rotatable bonds is 3. The Kier molecular flexibility index (Phi) is 4.12. The maximum absolute atomic E-state index is 11.9. The number of hydrogen-bond acceptors (Lipinski definition) is 4. The minimum absolute atomic E-state index is 0.655. The molecule has 2 fully saturated rings. The second-order valence-corrected chi connectivity index (χ2v) is 5.90. The number of anilines is 1. The molecule has 0 spiro atoms. The molecule has 0 amide bonds. The van der Waals surface area contributed by atoms with E-state index < -0.39 is 11.5 Å². The van der Waals surface area contributed by atoms with Crippen molar-refractivity contribution in [2.45, 2.75) is 18.4 Å². The van der Waals surface area contributed by atoms with E-state index >= 15 is 0 Å². The second-order valence-electron chi connectivity index (χ2n) is 5.90. The lowest BCUT2D eigenvalue weighted by molar-refractivity contribution is -0.154. The lowest BCUT2D eigenvalue weighted by Crippen LogP contribution is -2.64. The van der Waals surface area contributed by atoms with Crippen LogP contribution >= 0.6 is 0 Å². The summed E-state index contributed by atoms with van der Waals surface area (Å²) in [7, 11) is 0. The molecule has 2 N–H and O–H groups in total. The first-order chi connectivity index (χ1) is 10.2. The van der Waals surface area contributed by atoms with Gasteiger partial charge in [0.25, 0.3) is 0 Å². The monoisotopic (exact) mass is 289 g/mol. The van der Waals surface area contributed by atoms with Crippen molar-refractivity contribution in [2.24, 2.45) is 0 Å². The second kappa shape index (κ2) is 6.03. The average molecular weight is 289 g/mol. The van der Waals surface area contributed by atoms with Gasteiger partial charge in [0.2, 0.25) is 0 Å². The van der Waals surface area contributed by atoms with Crippen molar-refractivity contribution in [3.8, 4) is 0 Å². The molecule has 2 saturated heterocycles. The molecule has 0 atom stereocenters. The molecule has 0 saturated carbocycles. The van der Waals surface area contributed by atoms with Crippen LogP contribution < -0.4 is 10.2 Å². The Balaban J connectivity index is 1.72. The summed E-state index contributed by atoms with van der Waals surface area (Å²) in [4.78, 5) is 16.4. The molecule has 0 bridgehead atoms. The number of para-hydroxylation sites is 1. The highest BCUT2D eigenvalue weighted by molar-refractivity contribution is 5.79. The predicted octanol–water partition coefficient (Wildman–Crippen LogP) is 1.02. The number of piperazine rings is 1. The Hall–Kier alpha value is -1.59. The van der Waals surface area contributed by atoms with Crippen molar-refractivity contribution in [3.63, 3.8) is 0 Å². The van der Waals surface area contributed by atoms with Gasteiger partial charge in [-0.3, -0.25) is 9.69 Å². The van der Waals surface area contributed by atoms with Crippen molar-refractivity contribution in [2.75, 3.05) is 44.2 Å². The van der Waals surface area contributed by atoms with Crippen molar-refractivity contribution < 1.29 is 9.90 Å². The van der Waals surface area contributed by atoms with Gasteiger partial charge in [-0.2, -0.15) is 0 Å². The fourth-order valence-corrected chi connectivity index (χ4v) is 3.53. The molecule has 0 aliphatic carbocycles. The minimum atomic E-state index is -0.673. The number of nitrogens with zero attached hydrogens (tertiary/aromatic N) is 2. The Labute approximate surface area is 125 Å². The van der Waals surface area contributed by atoms with Gasteiger partial charge in [0.15, 0.2) is 0 Å². The molecule has 2 heterocycles. The maximum atomic E-state index is 11.9. The highest BCUT2D eigenvalue weighted by Crippen LogP contribution is 2.32. The number of aliphatic carboxylic acids is 1. The van der Waals surface area contributed by atoms with E-state index in [9.17, 15) is 9.90 Å². The summed E-state index contributed by atoms with van der Waals surface area (Å²) in [6.07, 6.45) is 1.38. The first kappa shape index (κ1) is 14.4. The van der Waals surface area contributed by atoms with Crippen LogP contribution in [-0.4, -0.2) is 60.8 Å². The van der Waals surface area contributed by atoms with Gasteiger partial charge >= 0.3 is 5.97 Å². The summed E-state index contributed by atoms with van der Waals surface area (Å²) in [5.74, 6) is -0.655. The molecule has 1 aromatic rings. The SMILES string of the molecule is O=C(O)C1(N2CCNCC2)CCN(c2ccccc2)CC1. The summed E-state index contributed by atoms with van der Waals surface area (Å²) in [5.41, 5.74) is 0.518. The Morgan fingerprint density at radius 3 is 2.24 bits per heavy atom. The fourth-order valence-electron chi connectivity index (χ4n) is 3.53. The van der Waals surface area contributed by atoms with E-state index in [2.05, 4.69) is 27.2 Å². The van der Waals surface area contributed by atoms with Gasteiger partial charge < -0.3 is 15.3 Å². The van der Waals surface area contributed by atoms with Crippen molar-refractivity contribution >= 4 is 11.7 Å². The van der Waals surface area contributed by atoms with E-state index in [1.165, 1.54) is 5.69 Å². The van der Waals surface area contributed by atoms with E-state index in [1.54, 1.807) is 0 Å². The smallest absolute Gasteiger partial charge is 0.324 e. The minimum Gasteiger partial charge on any atom is -0.480 e. The van der Waals surface area contributed by atoms with Gasteiger partial charge in [0.1, 0.15) is 5.54 Å². The van der Waals surface area contributed by atoms with Crippen LogP contribution in [0.1, 0.15) is 12.8 Å². The van der Waals surface area contributed by atoms with E-state index in [1.807, 2.05) is 18.2 Å². The van der Waals surface area contributed by atoms with Crippen LogP contribution in [0.15, 0.2) is 30.3 Å². The fraction of sp³-hybridized carbons (Fsp3) is 0.562. The Bertz CT molecular complexity index is 478. The molecule has 21 heavy (non-hydrogen) atoms. The normalized spacial score (nSPS) is 23.0. The lowest BCUT2D eigenvalue weighted by atomic mass is 9.85. The molecule has 5 heteroatoms. The summed E-state index contributed by atoms with van der Waals surface area (Å²) in [5, 5.41) is 13.1. The first-order valence-corrected chi connectivity index (χ1v) is 7.71. The summed E-state index contributed by atoms with van der Waals surface area (Å²) >= 11 is 0. The van der Waals surface area contributed by atoms with E-state index in [0.717, 1.165) is 39.3 Å². The van der Waals surface area contributed by atoms with Gasteiger partial charge in [-0.25, -0.2) is 0 Å². The van der Waals surface area contributed by atoms with Gasteiger partial charge in [0, 0.05) is 45.0 Å². The van der Waals surface area contributed by atoms with Crippen LogP contribution in [0, 0.1) is 0 Å². The van der Waals surface area contributed by atoms with Crippen LogP contribution in [0.3, 0.4) is 0 Å². The molecule has 0 radical (unpaired) electrons. The average Bonchev–Trinajstić information content (AvgIpc) is 2.56. The van der Waals surface area contributed by atoms with Crippen LogP contribution in [0.4, 0.5) is 5.69 Å². The molecular weight excluding hydrogens is 266 g/mol. The molecule has 114 valence electrons. The zero-order chi connectivity index (χ0) is 14.7. The number of piperidine rings is 1. The Morgan fingerprint density at radius 2 is 1.67 bits per heavy atom. The quantitative estimate of drug-likeness (QED) is 0.870. The molecule has 5 nitrogen and oxygen atoms in total. The van der Waals surface area contributed by atoms with Crippen molar-refractivity contribution in [3.05, 3.63) is 30.3 Å². The summed E-state index contributed by atoms with van der Waals surface area (Å²) in [6.45, 7) is 5.05. The summed E-state index contributed by atoms with van der Waals surface area (Å²) in [6, 6.07) is 10.3.